The van der Waals surface area contributed by atoms with Gasteiger partial charge in [0.25, 0.3) is 0 Å². The summed E-state index contributed by atoms with van der Waals surface area (Å²) >= 11 is 0. The summed E-state index contributed by atoms with van der Waals surface area (Å²) in [5.41, 5.74) is 3.30. The Morgan fingerprint density at radius 3 is 2.10 bits per heavy atom. The molecule has 4 heteroatoms. The Balaban J connectivity index is 1.44. The van der Waals surface area contributed by atoms with Crippen LogP contribution in [0.25, 0.3) is 0 Å². The lowest BCUT2D eigenvalue weighted by molar-refractivity contribution is -0.128. The molecule has 0 aromatic heterocycles. The molecule has 2 N–H and O–H groups in total. The molecule has 0 atom stereocenters. The summed E-state index contributed by atoms with van der Waals surface area (Å²) in [6.45, 7) is 4.93. The first-order chi connectivity index (χ1) is 14.0. The van der Waals surface area contributed by atoms with Gasteiger partial charge in [-0.3, -0.25) is 9.59 Å². The average Bonchev–Trinajstić information content (AvgIpc) is 2.74. The maximum Gasteiger partial charge on any atom is 0.227 e. The number of hydrogen-bond acceptors (Lipinski definition) is 2. The zero-order valence-electron chi connectivity index (χ0n) is 17.5. The van der Waals surface area contributed by atoms with Gasteiger partial charge in [-0.15, -0.1) is 0 Å². The van der Waals surface area contributed by atoms with Crippen molar-refractivity contribution in [3.8, 4) is 0 Å². The van der Waals surface area contributed by atoms with Crippen LogP contribution in [0.1, 0.15) is 56.6 Å². The predicted molar refractivity (Wildman–Crippen MR) is 118 cm³/mol. The van der Waals surface area contributed by atoms with Gasteiger partial charge in [-0.05, 0) is 55.2 Å². The summed E-state index contributed by atoms with van der Waals surface area (Å²) in [4.78, 5) is 25.2. The summed E-state index contributed by atoms with van der Waals surface area (Å²) in [7, 11) is 0. The van der Waals surface area contributed by atoms with Crippen molar-refractivity contribution in [2.75, 3.05) is 11.9 Å². The minimum atomic E-state index is -0.0106. The van der Waals surface area contributed by atoms with Crippen molar-refractivity contribution >= 4 is 17.5 Å². The van der Waals surface area contributed by atoms with E-state index in [1.807, 2.05) is 36.4 Å². The fraction of sp³-hybridized carbons (Fsp3) is 0.440. The third kappa shape index (κ3) is 5.93. The molecule has 3 rings (SSSR count). The molecule has 0 saturated heterocycles. The Morgan fingerprint density at radius 2 is 1.45 bits per heavy atom. The summed E-state index contributed by atoms with van der Waals surface area (Å²) in [5.74, 6) is 0.592. The topological polar surface area (TPSA) is 58.2 Å². The molecule has 1 saturated carbocycles. The maximum atomic E-state index is 12.7. The Bertz CT molecular complexity index is 809. The van der Waals surface area contributed by atoms with Gasteiger partial charge in [-0.25, -0.2) is 0 Å². The highest BCUT2D eigenvalue weighted by atomic mass is 16.2. The minimum Gasteiger partial charge on any atom is -0.356 e. The second kappa shape index (κ2) is 10.2. The molecule has 2 aromatic carbocycles. The van der Waals surface area contributed by atoms with Crippen LogP contribution in [0.15, 0.2) is 54.6 Å². The van der Waals surface area contributed by atoms with E-state index in [0.29, 0.717) is 12.5 Å². The van der Waals surface area contributed by atoms with Crippen molar-refractivity contribution in [2.45, 2.75) is 51.9 Å². The molecule has 0 bridgehead atoms. The molecule has 1 aliphatic carbocycles. The zero-order valence-corrected chi connectivity index (χ0v) is 17.5. The molecule has 2 amide bonds. The number of carbonyl (C=O) groups is 2. The highest BCUT2D eigenvalue weighted by Crippen LogP contribution is 2.31. The van der Waals surface area contributed by atoms with Crippen molar-refractivity contribution in [2.24, 2.45) is 11.8 Å². The van der Waals surface area contributed by atoms with Gasteiger partial charge in [-0.1, -0.05) is 62.4 Å². The van der Waals surface area contributed by atoms with E-state index >= 15 is 0 Å². The molecule has 0 radical (unpaired) electrons. The van der Waals surface area contributed by atoms with Crippen LogP contribution in [0.2, 0.25) is 0 Å². The first-order valence-electron chi connectivity index (χ1n) is 10.8. The van der Waals surface area contributed by atoms with Gasteiger partial charge in [0.15, 0.2) is 0 Å². The lowest BCUT2D eigenvalue weighted by Crippen LogP contribution is -2.36. The van der Waals surface area contributed by atoms with Crippen LogP contribution in [0.4, 0.5) is 5.69 Å². The van der Waals surface area contributed by atoms with E-state index < -0.39 is 0 Å². The lowest BCUT2D eigenvalue weighted by atomic mass is 9.81. The third-order valence-corrected chi connectivity index (χ3v) is 5.87. The van der Waals surface area contributed by atoms with Crippen LogP contribution in [0, 0.1) is 11.8 Å². The second-order valence-corrected chi connectivity index (χ2v) is 8.31. The van der Waals surface area contributed by atoms with Crippen molar-refractivity contribution in [3.05, 3.63) is 65.7 Å². The van der Waals surface area contributed by atoms with Crippen LogP contribution < -0.4 is 10.6 Å². The number of anilines is 1. The smallest absolute Gasteiger partial charge is 0.227 e. The summed E-state index contributed by atoms with van der Waals surface area (Å²) in [6.07, 6.45) is 3.95. The van der Waals surface area contributed by atoms with Crippen LogP contribution in [-0.4, -0.2) is 18.4 Å². The number of benzene rings is 2. The molecule has 0 spiro atoms. The predicted octanol–water partition coefficient (Wildman–Crippen LogP) is 4.91. The highest BCUT2D eigenvalue weighted by molar-refractivity contribution is 5.93. The molecule has 0 unspecified atom stereocenters. The van der Waals surface area contributed by atoms with Crippen molar-refractivity contribution in [1.82, 2.24) is 5.32 Å². The summed E-state index contributed by atoms with van der Waals surface area (Å²) < 4.78 is 0. The van der Waals surface area contributed by atoms with Gasteiger partial charge in [0.05, 0.1) is 0 Å². The molecule has 1 aliphatic rings. The van der Waals surface area contributed by atoms with Gasteiger partial charge < -0.3 is 10.6 Å². The van der Waals surface area contributed by atoms with Crippen molar-refractivity contribution in [1.29, 1.82) is 0 Å². The Labute approximate surface area is 174 Å². The van der Waals surface area contributed by atoms with Crippen LogP contribution in [0.3, 0.4) is 0 Å². The van der Waals surface area contributed by atoms with Gasteiger partial charge in [-0.2, -0.15) is 0 Å². The molecule has 4 nitrogen and oxygen atoms in total. The molecule has 0 heterocycles. The fourth-order valence-electron chi connectivity index (χ4n) is 4.09. The van der Waals surface area contributed by atoms with Crippen molar-refractivity contribution < 1.29 is 9.59 Å². The Kier molecular flexibility index (Phi) is 7.45. The lowest BCUT2D eigenvalue weighted by Gasteiger charge is -2.27. The van der Waals surface area contributed by atoms with E-state index in [2.05, 4.69) is 42.7 Å². The standard InChI is InChI=1S/C25H32N2O2/c1-18(2)22-10-6-7-11-23(22)27-25(29)21-14-12-20(13-15-21)24(28)26-17-16-19-8-4-3-5-9-19/h3-11,18,20-21H,12-17H2,1-2H3,(H,26,28)(H,27,29). The molecular weight excluding hydrogens is 360 g/mol. The van der Waals surface area contributed by atoms with E-state index in [-0.39, 0.29) is 23.7 Å². The second-order valence-electron chi connectivity index (χ2n) is 8.31. The van der Waals surface area contributed by atoms with E-state index in [1.165, 1.54) is 5.56 Å². The number of rotatable bonds is 7. The van der Waals surface area contributed by atoms with Gasteiger partial charge in [0, 0.05) is 24.1 Å². The van der Waals surface area contributed by atoms with Crippen LogP contribution in [-0.2, 0) is 16.0 Å². The minimum absolute atomic E-state index is 0.0106. The van der Waals surface area contributed by atoms with Gasteiger partial charge >= 0.3 is 0 Å². The molecule has 154 valence electrons. The highest BCUT2D eigenvalue weighted by Gasteiger charge is 2.30. The molecule has 2 aromatic rings. The first-order valence-corrected chi connectivity index (χ1v) is 10.8. The molecule has 29 heavy (non-hydrogen) atoms. The third-order valence-electron chi connectivity index (χ3n) is 5.87. The average molecular weight is 393 g/mol. The number of nitrogens with one attached hydrogen (secondary N) is 2. The largest absolute Gasteiger partial charge is 0.356 e. The number of amides is 2. The van der Waals surface area contributed by atoms with Crippen molar-refractivity contribution in [3.63, 3.8) is 0 Å². The quantitative estimate of drug-likeness (QED) is 0.703. The van der Waals surface area contributed by atoms with Gasteiger partial charge in [0.2, 0.25) is 11.8 Å². The number of hydrogen-bond donors (Lipinski definition) is 2. The van der Waals surface area contributed by atoms with Crippen LogP contribution >= 0.6 is 0 Å². The first kappa shape index (κ1) is 21.1. The zero-order chi connectivity index (χ0) is 20.6. The fourth-order valence-corrected chi connectivity index (χ4v) is 4.09. The van der Waals surface area contributed by atoms with E-state index in [1.54, 1.807) is 0 Å². The SMILES string of the molecule is CC(C)c1ccccc1NC(=O)C1CCC(C(=O)NCCc2ccccc2)CC1. The van der Waals surface area contributed by atoms with E-state index in [9.17, 15) is 9.59 Å². The van der Waals surface area contributed by atoms with Gasteiger partial charge in [0.1, 0.15) is 0 Å². The molecular formula is C25H32N2O2. The van der Waals surface area contributed by atoms with Crippen LogP contribution in [0.5, 0.6) is 0 Å². The summed E-state index contributed by atoms with van der Waals surface area (Å²) in [6, 6.07) is 18.2. The maximum absolute atomic E-state index is 12.7. The van der Waals surface area contributed by atoms with E-state index in [0.717, 1.165) is 43.4 Å². The Morgan fingerprint density at radius 1 is 0.862 bits per heavy atom. The molecule has 1 fully saturated rings. The number of carbonyl (C=O) groups excluding carboxylic acids is 2. The summed E-state index contributed by atoms with van der Waals surface area (Å²) in [5, 5.41) is 6.18. The number of para-hydroxylation sites is 1. The monoisotopic (exact) mass is 392 g/mol. The van der Waals surface area contributed by atoms with E-state index in [4.69, 9.17) is 0 Å². The normalized spacial score (nSPS) is 19.0. The molecule has 0 aliphatic heterocycles. The Hall–Kier alpha value is -2.62.